The molecule has 144 valence electrons. The second kappa shape index (κ2) is 6.55. The second-order valence-electron chi connectivity index (χ2n) is 8.29. The molecular formula is C20H25N3O4. The minimum Gasteiger partial charge on any atom is -0.444 e. The molecule has 1 aromatic rings. The van der Waals surface area contributed by atoms with Crippen LogP contribution in [0.1, 0.15) is 38.7 Å². The maximum atomic E-state index is 12.4. The molecule has 7 heteroatoms. The predicted octanol–water partition coefficient (Wildman–Crippen LogP) is 3.01. The molecule has 2 heterocycles. The van der Waals surface area contributed by atoms with Crippen molar-refractivity contribution >= 4 is 18.1 Å². The lowest BCUT2D eigenvalue weighted by molar-refractivity contribution is 0.0148. The van der Waals surface area contributed by atoms with Crippen molar-refractivity contribution in [2.24, 2.45) is 4.99 Å². The summed E-state index contributed by atoms with van der Waals surface area (Å²) in [6, 6.07) is 10.1. The average Bonchev–Trinajstić information content (AvgIpc) is 3.32. The van der Waals surface area contributed by atoms with Gasteiger partial charge in [-0.1, -0.05) is 30.3 Å². The molecule has 0 bridgehead atoms. The maximum Gasteiger partial charge on any atom is 0.417 e. The molecule has 0 spiro atoms. The number of carbonyl (C=O) groups is 2. The Kier molecular flexibility index (Phi) is 4.32. The van der Waals surface area contributed by atoms with Gasteiger partial charge in [0.1, 0.15) is 11.6 Å². The van der Waals surface area contributed by atoms with Gasteiger partial charge in [0.2, 0.25) is 5.90 Å². The van der Waals surface area contributed by atoms with Crippen molar-refractivity contribution in [2.45, 2.75) is 50.8 Å². The first kappa shape index (κ1) is 17.8. The van der Waals surface area contributed by atoms with E-state index in [1.807, 2.05) is 39.0 Å². The second-order valence-corrected chi connectivity index (χ2v) is 8.29. The van der Waals surface area contributed by atoms with Gasteiger partial charge in [-0.25, -0.2) is 14.6 Å². The fourth-order valence-electron chi connectivity index (χ4n) is 3.58. The van der Waals surface area contributed by atoms with Gasteiger partial charge in [-0.05, 0) is 32.8 Å². The highest BCUT2D eigenvalue weighted by molar-refractivity contribution is 5.99. The topological polar surface area (TPSA) is 71.4 Å². The number of ether oxygens (including phenoxy) is 2. The molecule has 3 atom stereocenters. The van der Waals surface area contributed by atoms with E-state index in [4.69, 9.17) is 14.5 Å². The Morgan fingerprint density at radius 2 is 1.96 bits per heavy atom. The molecular weight excluding hydrogens is 346 g/mol. The van der Waals surface area contributed by atoms with Crippen molar-refractivity contribution in [2.75, 3.05) is 19.6 Å². The van der Waals surface area contributed by atoms with Gasteiger partial charge in [0, 0.05) is 19.0 Å². The largest absolute Gasteiger partial charge is 0.444 e. The average molecular weight is 371 g/mol. The minimum atomic E-state index is -0.552. The molecule has 1 aliphatic carbocycles. The minimum absolute atomic E-state index is 0.132. The highest BCUT2D eigenvalue weighted by atomic mass is 16.6. The van der Waals surface area contributed by atoms with Gasteiger partial charge in [0.15, 0.2) is 0 Å². The van der Waals surface area contributed by atoms with Crippen LogP contribution in [-0.2, 0) is 9.47 Å². The van der Waals surface area contributed by atoms with Gasteiger partial charge < -0.3 is 14.4 Å². The number of hydrogen-bond acceptors (Lipinski definition) is 5. The van der Waals surface area contributed by atoms with Crippen molar-refractivity contribution in [3.8, 4) is 0 Å². The summed E-state index contributed by atoms with van der Waals surface area (Å²) in [7, 11) is 0. The lowest BCUT2D eigenvalue weighted by atomic mass is 10.1. The monoisotopic (exact) mass is 371 g/mol. The van der Waals surface area contributed by atoms with E-state index in [0.717, 1.165) is 6.42 Å². The van der Waals surface area contributed by atoms with Crippen LogP contribution >= 0.6 is 0 Å². The number of benzene rings is 1. The van der Waals surface area contributed by atoms with Crippen LogP contribution in [0, 0.1) is 0 Å². The fraction of sp³-hybridized carbons (Fsp3) is 0.550. The molecule has 1 aromatic carbocycles. The number of amides is 2. The first-order valence-electron chi connectivity index (χ1n) is 9.41. The SMILES string of the molecule is CC(C)(C)OC(=O)N1CCN2C(=O)OC(=N[C@H]3C[C@@H]3c3ccccc3)[C@@H]2C1. The number of rotatable bonds is 2. The number of fused-ring (bicyclic) bond motifs is 1. The van der Waals surface area contributed by atoms with Crippen LogP contribution in [0.3, 0.4) is 0 Å². The van der Waals surface area contributed by atoms with Gasteiger partial charge in [0.05, 0.1) is 12.6 Å². The molecule has 4 rings (SSSR count). The van der Waals surface area contributed by atoms with Crippen molar-refractivity contribution in [3.05, 3.63) is 35.9 Å². The van der Waals surface area contributed by atoms with Crippen molar-refractivity contribution in [1.82, 2.24) is 9.80 Å². The van der Waals surface area contributed by atoms with Gasteiger partial charge in [-0.15, -0.1) is 0 Å². The van der Waals surface area contributed by atoms with Crippen LogP contribution < -0.4 is 0 Å². The molecule has 0 radical (unpaired) electrons. The number of aliphatic imine (C=N–C) groups is 1. The lowest BCUT2D eigenvalue weighted by Gasteiger charge is -2.35. The standard InChI is InChI=1S/C20H25N3O4/c1-20(2,3)27-18(24)22-9-10-23-16(12-22)17(26-19(23)25)21-15-11-14(15)13-7-5-4-6-8-13/h4-8,14-16H,9-12H2,1-3H3/t14-,15+,16+/m1/s1. The fourth-order valence-corrected chi connectivity index (χ4v) is 3.58. The van der Waals surface area contributed by atoms with Crippen molar-refractivity contribution < 1.29 is 19.1 Å². The summed E-state index contributed by atoms with van der Waals surface area (Å²) in [6.07, 6.45) is 0.210. The normalized spacial score (nSPS) is 28.8. The van der Waals surface area contributed by atoms with Crippen LogP contribution in [-0.4, -0.2) is 65.2 Å². The van der Waals surface area contributed by atoms with Crippen LogP contribution in [0.5, 0.6) is 0 Å². The van der Waals surface area contributed by atoms with Crippen LogP contribution in [0.15, 0.2) is 35.3 Å². The number of cyclic esters (lactones) is 1. The quantitative estimate of drug-likeness (QED) is 0.801. The van der Waals surface area contributed by atoms with Gasteiger partial charge in [0.25, 0.3) is 0 Å². The zero-order chi connectivity index (χ0) is 19.2. The Bertz CT molecular complexity index is 771. The summed E-state index contributed by atoms with van der Waals surface area (Å²) in [5.41, 5.74) is 0.705. The summed E-state index contributed by atoms with van der Waals surface area (Å²) in [5.74, 6) is 0.800. The molecule has 2 saturated heterocycles. The Morgan fingerprint density at radius 1 is 1.22 bits per heavy atom. The highest BCUT2D eigenvalue weighted by Crippen LogP contribution is 2.44. The van der Waals surface area contributed by atoms with Gasteiger partial charge in [-0.3, -0.25) is 4.90 Å². The summed E-state index contributed by atoms with van der Waals surface area (Å²) in [4.78, 5) is 32.5. The number of nitrogens with zero attached hydrogens (tertiary/aromatic N) is 3. The first-order valence-corrected chi connectivity index (χ1v) is 9.41. The van der Waals surface area contributed by atoms with E-state index in [1.165, 1.54) is 5.56 Å². The van der Waals surface area contributed by atoms with Crippen LogP contribution in [0.4, 0.5) is 9.59 Å². The summed E-state index contributed by atoms with van der Waals surface area (Å²) < 4.78 is 10.9. The molecule has 3 aliphatic rings. The molecule has 0 aromatic heterocycles. The third kappa shape index (κ3) is 3.77. The molecule has 0 N–H and O–H groups in total. The van der Waals surface area contributed by atoms with E-state index >= 15 is 0 Å². The van der Waals surface area contributed by atoms with E-state index in [2.05, 4.69) is 12.1 Å². The third-order valence-electron chi connectivity index (χ3n) is 5.02. The Labute approximate surface area is 158 Å². The molecule has 1 saturated carbocycles. The highest BCUT2D eigenvalue weighted by Gasteiger charge is 2.47. The lowest BCUT2D eigenvalue weighted by Crippen LogP contribution is -2.55. The van der Waals surface area contributed by atoms with Crippen molar-refractivity contribution in [1.29, 1.82) is 0 Å². The molecule has 27 heavy (non-hydrogen) atoms. The molecule has 2 aliphatic heterocycles. The summed E-state index contributed by atoms with van der Waals surface area (Å²) in [6.45, 7) is 6.73. The number of hydrogen-bond donors (Lipinski definition) is 0. The Hall–Kier alpha value is -2.57. The first-order chi connectivity index (χ1) is 12.8. The van der Waals surface area contributed by atoms with Crippen LogP contribution in [0.25, 0.3) is 0 Å². The number of carbonyl (C=O) groups excluding carboxylic acids is 2. The third-order valence-corrected chi connectivity index (χ3v) is 5.02. The molecule has 7 nitrogen and oxygen atoms in total. The van der Waals surface area contributed by atoms with Gasteiger partial charge >= 0.3 is 12.2 Å². The predicted molar refractivity (Wildman–Crippen MR) is 99.8 cm³/mol. The van der Waals surface area contributed by atoms with E-state index in [-0.39, 0.29) is 24.3 Å². The van der Waals surface area contributed by atoms with E-state index < -0.39 is 5.60 Å². The van der Waals surface area contributed by atoms with Crippen molar-refractivity contribution in [3.63, 3.8) is 0 Å². The Balaban J connectivity index is 1.45. The van der Waals surface area contributed by atoms with E-state index in [0.29, 0.717) is 31.4 Å². The van der Waals surface area contributed by atoms with E-state index in [1.54, 1.807) is 9.80 Å². The zero-order valence-electron chi connectivity index (χ0n) is 15.9. The summed E-state index contributed by atoms with van der Waals surface area (Å²) in [5, 5.41) is 0. The smallest absolute Gasteiger partial charge is 0.417 e. The molecule has 3 fully saturated rings. The Morgan fingerprint density at radius 3 is 2.67 bits per heavy atom. The number of piperazine rings is 1. The zero-order valence-corrected chi connectivity index (χ0v) is 15.9. The van der Waals surface area contributed by atoms with Gasteiger partial charge in [-0.2, -0.15) is 0 Å². The van der Waals surface area contributed by atoms with E-state index in [9.17, 15) is 9.59 Å². The summed E-state index contributed by atoms with van der Waals surface area (Å²) >= 11 is 0. The maximum absolute atomic E-state index is 12.4. The molecule has 0 unspecified atom stereocenters. The van der Waals surface area contributed by atoms with Crippen LogP contribution in [0.2, 0.25) is 0 Å². The molecule has 2 amide bonds.